The molecular formula is C71H50N2. The maximum absolute atomic E-state index is 2.54. The van der Waals surface area contributed by atoms with Crippen molar-refractivity contribution in [2.24, 2.45) is 0 Å². The second-order valence-electron chi connectivity index (χ2n) is 19.4. The van der Waals surface area contributed by atoms with E-state index in [9.17, 15) is 0 Å². The van der Waals surface area contributed by atoms with Gasteiger partial charge in [-0.2, -0.15) is 0 Å². The van der Waals surface area contributed by atoms with Crippen molar-refractivity contribution in [3.05, 3.63) is 319 Å². The van der Waals surface area contributed by atoms with Crippen molar-refractivity contribution in [3.8, 4) is 33.4 Å². The number of rotatable bonds is 8. The molecule has 0 amide bonds. The predicted molar refractivity (Wildman–Crippen MR) is 306 cm³/mol. The van der Waals surface area contributed by atoms with Gasteiger partial charge in [0.05, 0.1) is 16.8 Å². The zero-order valence-electron chi connectivity index (χ0n) is 40.3. The van der Waals surface area contributed by atoms with Crippen LogP contribution in [0.1, 0.15) is 45.7 Å². The van der Waals surface area contributed by atoms with Crippen LogP contribution in [0, 0.1) is 0 Å². The van der Waals surface area contributed by atoms with Gasteiger partial charge in [-0.25, -0.2) is 0 Å². The molecule has 2 nitrogen and oxygen atoms in total. The van der Waals surface area contributed by atoms with Crippen LogP contribution in [0.15, 0.2) is 285 Å². The molecule has 3 aliphatic rings. The molecule has 0 saturated heterocycles. The number of allylic oxidation sites excluding steroid dienone is 4. The van der Waals surface area contributed by atoms with Crippen LogP contribution in [0.5, 0.6) is 0 Å². The summed E-state index contributed by atoms with van der Waals surface area (Å²) in [6.07, 6.45) is 7.93. The fourth-order valence-electron chi connectivity index (χ4n) is 12.7. The normalized spacial score (nSPS) is 14.5. The fraction of sp³-hybridized carbons (Fsp3) is 0.0423. The molecule has 0 N–H and O–H groups in total. The number of para-hydroxylation sites is 3. The summed E-state index contributed by atoms with van der Waals surface area (Å²) in [5.74, 6) is 0.00166. The van der Waals surface area contributed by atoms with Gasteiger partial charge in [-0.3, -0.25) is 0 Å². The topological polar surface area (TPSA) is 6.48 Å². The summed E-state index contributed by atoms with van der Waals surface area (Å²) in [5.41, 5.74) is 22.8. The van der Waals surface area contributed by atoms with Crippen molar-refractivity contribution in [2.45, 2.75) is 17.8 Å². The van der Waals surface area contributed by atoms with E-state index in [4.69, 9.17) is 0 Å². The number of nitrogens with zero attached hydrogens (tertiary/aromatic N) is 2. The second kappa shape index (κ2) is 17.6. The van der Waals surface area contributed by atoms with Crippen LogP contribution >= 0.6 is 0 Å². The lowest BCUT2D eigenvalue weighted by Gasteiger charge is -2.38. The highest BCUT2D eigenvalue weighted by atomic mass is 15.2. The Hall–Kier alpha value is -9.24. The first-order valence-corrected chi connectivity index (χ1v) is 25.5. The minimum atomic E-state index is -0.493. The SMILES string of the molecule is C1=CCC2C(=C1)c1c(N(c3ccccc3)c3ccccc3)cc3ccccc3c1-c1ccccc1-c1cccc(N(c3ccccc3)c3ccc4c(c3)-c3ccccc3C4(c3ccccc3)c3ccccc3)c12. The second-order valence-corrected chi connectivity index (χ2v) is 19.4. The third-order valence-corrected chi connectivity index (χ3v) is 15.6. The molecule has 11 aromatic carbocycles. The van der Waals surface area contributed by atoms with E-state index in [2.05, 4.69) is 295 Å². The summed E-state index contributed by atoms with van der Waals surface area (Å²) in [6.45, 7) is 0. The van der Waals surface area contributed by atoms with E-state index in [-0.39, 0.29) is 5.92 Å². The lowest BCUT2D eigenvalue weighted by atomic mass is 9.68. The predicted octanol–water partition coefficient (Wildman–Crippen LogP) is 18.9. The first-order valence-electron chi connectivity index (χ1n) is 25.5. The van der Waals surface area contributed by atoms with Crippen molar-refractivity contribution >= 4 is 50.5 Å². The summed E-state index contributed by atoms with van der Waals surface area (Å²) in [4.78, 5) is 5.01. The molecule has 0 heterocycles. The van der Waals surface area contributed by atoms with E-state index in [1.165, 1.54) is 88.8 Å². The van der Waals surface area contributed by atoms with Crippen LogP contribution in [0.25, 0.3) is 49.7 Å². The van der Waals surface area contributed by atoms with Crippen LogP contribution in [0.2, 0.25) is 0 Å². The molecule has 11 aromatic rings. The molecule has 1 atom stereocenters. The smallest absolute Gasteiger partial charge is 0.0713 e. The zero-order chi connectivity index (χ0) is 48.3. The van der Waals surface area contributed by atoms with Crippen molar-refractivity contribution in [1.82, 2.24) is 0 Å². The van der Waals surface area contributed by atoms with Gasteiger partial charge >= 0.3 is 0 Å². The summed E-state index contributed by atoms with van der Waals surface area (Å²) >= 11 is 0. The molecule has 0 aliphatic heterocycles. The Kier molecular flexibility index (Phi) is 10.3. The Bertz CT molecular complexity index is 3850. The molecule has 0 bridgehead atoms. The number of benzene rings is 11. The first-order chi connectivity index (χ1) is 36.3. The molecule has 73 heavy (non-hydrogen) atoms. The van der Waals surface area contributed by atoms with Gasteiger partial charge in [0, 0.05) is 34.2 Å². The van der Waals surface area contributed by atoms with E-state index in [0.29, 0.717) is 0 Å². The average Bonchev–Trinajstić information content (AvgIpc) is 3.81. The summed E-state index contributed by atoms with van der Waals surface area (Å²) in [7, 11) is 0. The van der Waals surface area contributed by atoms with E-state index in [1.54, 1.807) is 0 Å². The van der Waals surface area contributed by atoms with Crippen molar-refractivity contribution in [1.29, 1.82) is 0 Å². The largest absolute Gasteiger partial charge is 0.310 e. The first kappa shape index (κ1) is 42.6. The molecule has 0 radical (unpaired) electrons. The van der Waals surface area contributed by atoms with Gasteiger partial charge in [-0.1, -0.05) is 224 Å². The molecule has 0 fully saturated rings. The highest BCUT2D eigenvalue weighted by Crippen LogP contribution is 2.60. The molecule has 344 valence electrons. The monoisotopic (exact) mass is 930 g/mol. The number of anilines is 6. The van der Waals surface area contributed by atoms with E-state index in [0.717, 1.165) is 34.9 Å². The Morgan fingerprint density at radius 3 is 1.53 bits per heavy atom. The van der Waals surface area contributed by atoms with Crippen LogP contribution in [-0.2, 0) is 5.41 Å². The molecular weight excluding hydrogens is 881 g/mol. The minimum Gasteiger partial charge on any atom is -0.310 e. The van der Waals surface area contributed by atoms with Gasteiger partial charge < -0.3 is 9.80 Å². The molecule has 0 aromatic heterocycles. The maximum atomic E-state index is 2.54. The van der Waals surface area contributed by atoms with Gasteiger partial charge in [-0.05, 0) is 145 Å². The number of fused-ring (bicyclic) bond motifs is 13. The standard InChI is InChI=1S/C71H50N2/c1-6-26-50(27-7-1)71(51-28-8-2-9-29-51)64-43-23-22-38-58(64)63-48-55(45-46-65(63)71)73(54-34-14-5-15-35-54)66-44-24-42-59-57-37-18-19-39-60(57)69-56-36-17-16-25-49(56)47-67(70(69)62-41-21-20-40-61(62)68(59)66)72(52-30-10-3-11-31-52)53-32-12-4-13-33-53/h1-39,41-48,61H,40H2. The van der Waals surface area contributed by atoms with Gasteiger partial charge in [0.1, 0.15) is 0 Å². The Morgan fingerprint density at radius 2 is 0.877 bits per heavy atom. The fourth-order valence-corrected chi connectivity index (χ4v) is 12.7. The van der Waals surface area contributed by atoms with Crippen LogP contribution in [-0.4, -0.2) is 0 Å². The van der Waals surface area contributed by atoms with Crippen LogP contribution < -0.4 is 9.80 Å². The number of hydrogen-bond donors (Lipinski definition) is 0. The van der Waals surface area contributed by atoms with Gasteiger partial charge in [0.15, 0.2) is 0 Å². The molecule has 0 saturated carbocycles. The maximum Gasteiger partial charge on any atom is 0.0713 e. The molecule has 1 unspecified atom stereocenters. The molecule has 3 aliphatic carbocycles. The molecule has 0 spiro atoms. The van der Waals surface area contributed by atoms with Gasteiger partial charge in [0.25, 0.3) is 0 Å². The third kappa shape index (κ3) is 6.71. The van der Waals surface area contributed by atoms with Crippen molar-refractivity contribution in [2.75, 3.05) is 9.80 Å². The lowest BCUT2D eigenvalue weighted by Crippen LogP contribution is -2.28. The lowest BCUT2D eigenvalue weighted by molar-refractivity contribution is 0.768. The summed E-state index contributed by atoms with van der Waals surface area (Å²) in [6, 6.07) is 98.9. The van der Waals surface area contributed by atoms with E-state index >= 15 is 0 Å². The van der Waals surface area contributed by atoms with Gasteiger partial charge in [0.2, 0.25) is 0 Å². The highest BCUT2D eigenvalue weighted by Gasteiger charge is 2.46. The Morgan fingerprint density at radius 1 is 0.356 bits per heavy atom. The van der Waals surface area contributed by atoms with Gasteiger partial charge in [-0.15, -0.1) is 0 Å². The van der Waals surface area contributed by atoms with Crippen molar-refractivity contribution < 1.29 is 0 Å². The number of hydrogen-bond acceptors (Lipinski definition) is 2. The average molecular weight is 931 g/mol. The summed E-state index contributed by atoms with van der Waals surface area (Å²) < 4.78 is 0. The summed E-state index contributed by atoms with van der Waals surface area (Å²) in [5, 5.41) is 2.45. The zero-order valence-corrected chi connectivity index (χ0v) is 40.3. The van der Waals surface area contributed by atoms with Crippen LogP contribution in [0.4, 0.5) is 34.1 Å². The molecule has 2 heteroatoms. The Balaban J connectivity index is 1.05. The van der Waals surface area contributed by atoms with E-state index in [1.807, 2.05) is 0 Å². The van der Waals surface area contributed by atoms with Crippen LogP contribution in [0.3, 0.4) is 0 Å². The third-order valence-electron chi connectivity index (χ3n) is 15.6. The molecule has 14 rings (SSSR count). The Labute approximate surface area is 427 Å². The minimum absolute atomic E-state index is 0.00166. The quantitative estimate of drug-likeness (QED) is 0.150. The van der Waals surface area contributed by atoms with E-state index < -0.39 is 5.41 Å². The van der Waals surface area contributed by atoms with Crippen molar-refractivity contribution in [3.63, 3.8) is 0 Å². The highest BCUT2D eigenvalue weighted by molar-refractivity contribution is 6.13.